The maximum Gasteiger partial charge on any atom is 0.407 e. The standard InChI is InChI=1S/C21H26ClN5O2/c1-14-11-27(21(28)29)15(2)10-26(14)19-17-13-25(12-16-6-4-3-5-7-16)9-8-18(17)23-20(22)24-19/h3-7,14-15H,8-13H2,1-2H3,(H,28,29). The highest BCUT2D eigenvalue weighted by molar-refractivity contribution is 6.28. The Labute approximate surface area is 175 Å². The number of carboxylic acid groups (broad SMARTS) is 1. The number of piperazine rings is 1. The van der Waals surface area contributed by atoms with Crippen molar-refractivity contribution >= 4 is 23.5 Å². The van der Waals surface area contributed by atoms with Gasteiger partial charge in [-0.2, -0.15) is 0 Å². The zero-order chi connectivity index (χ0) is 20.5. The molecule has 8 heteroatoms. The molecular weight excluding hydrogens is 390 g/mol. The molecule has 1 N–H and O–H groups in total. The minimum atomic E-state index is -0.874. The predicted molar refractivity (Wildman–Crippen MR) is 112 cm³/mol. The summed E-state index contributed by atoms with van der Waals surface area (Å²) in [5.74, 6) is 0.849. The second kappa shape index (κ2) is 8.16. The van der Waals surface area contributed by atoms with Crippen molar-refractivity contribution in [3.05, 3.63) is 52.4 Å². The molecule has 154 valence electrons. The van der Waals surface area contributed by atoms with Gasteiger partial charge in [-0.3, -0.25) is 4.90 Å². The van der Waals surface area contributed by atoms with E-state index >= 15 is 0 Å². The summed E-state index contributed by atoms with van der Waals surface area (Å²) in [6.07, 6.45) is -0.0445. The van der Waals surface area contributed by atoms with Crippen LogP contribution in [0.3, 0.4) is 0 Å². The average molecular weight is 416 g/mol. The molecular formula is C21H26ClN5O2. The van der Waals surface area contributed by atoms with Gasteiger partial charge in [-0.15, -0.1) is 0 Å². The predicted octanol–water partition coefficient (Wildman–Crippen LogP) is 3.27. The Balaban J connectivity index is 1.61. The van der Waals surface area contributed by atoms with Gasteiger partial charge < -0.3 is 14.9 Å². The van der Waals surface area contributed by atoms with Crippen LogP contribution in [0.2, 0.25) is 5.28 Å². The van der Waals surface area contributed by atoms with Crippen LogP contribution >= 0.6 is 11.6 Å². The molecule has 0 aliphatic carbocycles. The van der Waals surface area contributed by atoms with E-state index in [1.54, 1.807) is 0 Å². The van der Waals surface area contributed by atoms with Crippen LogP contribution in [-0.2, 0) is 19.5 Å². The first-order valence-electron chi connectivity index (χ1n) is 10.00. The molecule has 1 aromatic heterocycles. The van der Waals surface area contributed by atoms with E-state index in [4.69, 9.17) is 11.6 Å². The molecule has 7 nitrogen and oxygen atoms in total. The lowest BCUT2D eigenvalue weighted by Crippen LogP contribution is -2.58. The van der Waals surface area contributed by atoms with Crippen LogP contribution in [0.4, 0.5) is 10.6 Å². The monoisotopic (exact) mass is 415 g/mol. The molecule has 2 unspecified atom stereocenters. The largest absolute Gasteiger partial charge is 0.465 e. The van der Waals surface area contributed by atoms with Crippen molar-refractivity contribution in [2.45, 2.75) is 45.4 Å². The molecule has 1 amide bonds. The number of nitrogens with zero attached hydrogens (tertiary/aromatic N) is 5. The number of amides is 1. The van der Waals surface area contributed by atoms with E-state index in [2.05, 4.69) is 44.0 Å². The summed E-state index contributed by atoms with van der Waals surface area (Å²) in [4.78, 5) is 26.7. The third-order valence-electron chi connectivity index (χ3n) is 5.84. The minimum Gasteiger partial charge on any atom is -0.465 e. The molecule has 3 heterocycles. The Morgan fingerprint density at radius 1 is 1.17 bits per heavy atom. The first-order valence-corrected chi connectivity index (χ1v) is 10.4. The lowest BCUT2D eigenvalue weighted by Gasteiger charge is -2.44. The number of fused-ring (bicyclic) bond motifs is 1. The normalized spacial score (nSPS) is 22.4. The summed E-state index contributed by atoms with van der Waals surface area (Å²) in [6, 6.07) is 10.3. The third kappa shape index (κ3) is 4.16. The van der Waals surface area contributed by atoms with Gasteiger partial charge in [0.1, 0.15) is 5.82 Å². The molecule has 0 radical (unpaired) electrons. The second-order valence-electron chi connectivity index (χ2n) is 7.97. The Morgan fingerprint density at radius 2 is 1.93 bits per heavy atom. The van der Waals surface area contributed by atoms with Crippen LogP contribution in [0.25, 0.3) is 0 Å². The van der Waals surface area contributed by atoms with Crippen LogP contribution in [-0.4, -0.2) is 62.7 Å². The first-order chi connectivity index (χ1) is 13.9. The summed E-state index contributed by atoms with van der Waals surface area (Å²) in [5, 5.41) is 9.71. The van der Waals surface area contributed by atoms with Crippen molar-refractivity contribution in [3.63, 3.8) is 0 Å². The topological polar surface area (TPSA) is 72.8 Å². The molecule has 2 aliphatic rings. The number of benzene rings is 1. The number of hydrogen-bond acceptors (Lipinski definition) is 5. The number of hydrogen-bond donors (Lipinski definition) is 1. The summed E-state index contributed by atoms with van der Waals surface area (Å²) >= 11 is 6.26. The van der Waals surface area contributed by atoms with Gasteiger partial charge in [-0.1, -0.05) is 30.3 Å². The molecule has 0 bridgehead atoms. The maximum absolute atomic E-state index is 11.5. The zero-order valence-electron chi connectivity index (χ0n) is 16.8. The van der Waals surface area contributed by atoms with Crippen molar-refractivity contribution in [2.24, 2.45) is 0 Å². The van der Waals surface area contributed by atoms with Crippen molar-refractivity contribution in [1.29, 1.82) is 0 Å². The lowest BCUT2D eigenvalue weighted by molar-refractivity contribution is 0.114. The van der Waals surface area contributed by atoms with Gasteiger partial charge in [0, 0.05) is 56.8 Å². The highest BCUT2D eigenvalue weighted by Gasteiger charge is 2.35. The van der Waals surface area contributed by atoms with Crippen molar-refractivity contribution in [3.8, 4) is 0 Å². The van der Waals surface area contributed by atoms with E-state index in [0.717, 1.165) is 43.1 Å². The highest BCUT2D eigenvalue weighted by Crippen LogP contribution is 2.31. The molecule has 29 heavy (non-hydrogen) atoms. The van der Waals surface area contributed by atoms with Gasteiger partial charge in [0.15, 0.2) is 0 Å². The molecule has 2 aromatic rings. The van der Waals surface area contributed by atoms with Gasteiger partial charge in [0.2, 0.25) is 5.28 Å². The molecule has 1 aromatic carbocycles. The van der Waals surface area contributed by atoms with E-state index in [-0.39, 0.29) is 17.4 Å². The minimum absolute atomic E-state index is 0.0156. The lowest BCUT2D eigenvalue weighted by atomic mass is 10.0. The number of carbonyl (C=O) groups is 1. The van der Waals surface area contributed by atoms with Gasteiger partial charge in [0.25, 0.3) is 0 Å². The Morgan fingerprint density at radius 3 is 2.66 bits per heavy atom. The summed E-state index contributed by atoms with van der Waals surface area (Å²) < 4.78 is 0. The second-order valence-corrected chi connectivity index (χ2v) is 8.31. The van der Waals surface area contributed by atoms with Gasteiger partial charge in [-0.25, -0.2) is 14.8 Å². The Hall–Kier alpha value is -2.38. The zero-order valence-corrected chi connectivity index (χ0v) is 17.5. The summed E-state index contributed by atoms with van der Waals surface area (Å²) in [7, 11) is 0. The fourth-order valence-electron chi connectivity index (χ4n) is 4.33. The third-order valence-corrected chi connectivity index (χ3v) is 6.01. The van der Waals surface area contributed by atoms with E-state index in [9.17, 15) is 9.90 Å². The Bertz CT molecular complexity index is 894. The number of halogens is 1. The van der Waals surface area contributed by atoms with E-state index in [1.165, 1.54) is 10.5 Å². The maximum atomic E-state index is 11.5. The summed E-state index contributed by atoms with van der Waals surface area (Å²) in [6.45, 7) is 7.57. The summed E-state index contributed by atoms with van der Waals surface area (Å²) in [5.41, 5.74) is 3.40. The van der Waals surface area contributed by atoms with Crippen LogP contribution in [0.15, 0.2) is 30.3 Å². The van der Waals surface area contributed by atoms with Gasteiger partial charge in [0.05, 0.1) is 5.69 Å². The fourth-order valence-corrected chi connectivity index (χ4v) is 4.51. The van der Waals surface area contributed by atoms with Crippen molar-refractivity contribution < 1.29 is 9.90 Å². The van der Waals surface area contributed by atoms with Crippen LogP contribution in [0, 0.1) is 0 Å². The average Bonchev–Trinajstić information content (AvgIpc) is 2.69. The van der Waals surface area contributed by atoms with Crippen molar-refractivity contribution in [2.75, 3.05) is 24.5 Å². The van der Waals surface area contributed by atoms with E-state index < -0.39 is 6.09 Å². The van der Waals surface area contributed by atoms with E-state index in [1.807, 2.05) is 19.9 Å². The number of rotatable bonds is 3. The van der Waals surface area contributed by atoms with Gasteiger partial charge >= 0.3 is 6.09 Å². The molecule has 1 saturated heterocycles. The number of aromatic nitrogens is 2. The molecule has 2 atom stereocenters. The van der Waals surface area contributed by atoms with Crippen LogP contribution in [0.1, 0.15) is 30.7 Å². The smallest absolute Gasteiger partial charge is 0.407 e. The SMILES string of the molecule is CC1CN(c2nc(Cl)nc3c2CN(Cc2ccccc2)CC3)C(C)CN1C(=O)O. The van der Waals surface area contributed by atoms with E-state index in [0.29, 0.717) is 13.1 Å². The molecule has 4 rings (SSSR count). The number of anilines is 1. The Kier molecular flexibility index (Phi) is 5.61. The van der Waals surface area contributed by atoms with Crippen molar-refractivity contribution in [1.82, 2.24) is 19.8 Å². The molecule has 0 spiro atoms. The van der Waals surface area contributed by atoms with Crippen LogP contribution < -0.4 is 4.90 Å². The molecule has 0 saturated carbocycles. The highest BCUT2D eigenvalue weighted by atomic mass is 35.5. The molecule has 2 aliphatic heterocycles. The first kappa shape index (κ1) is 19.9. The quantitative estimate of drug-likeness (QED) is 0.775. The van der Waals surface area contributed by atoms with Gasteiger partial charge in [-0.05, 0) is 31.0 Å². The fraction of sp³-hybridized carbons (Fsp3) is 0.476. The van der Waals surface area contributed by atoms with Crippen LogP contribution in [0.5, 0.6) is 0 Å². The molecule has 1 fully saturated rings.